The minimum atomic E-state index is -0.243. The van der Waals surface area contributed by atoms with Gasteiger partial charge < -0.3 is 10.6 Å². The van der Waals surface area contributed by atoms with Gasteiger partial charge in [-0.05, 0) is 59.4 Å². The highest BCUT2D eigenvalue weighted by Crippen LogP contribution is 2.37. The highest BCUT2D eigenvalue weighted by molar-refractivity contribution is 6.00. The molecule has 0 fully saturated rings. The molecule has 4 nitrogen and oxygen atoms in total. The Morgan fingerprint density at radius 3 is 2.48 bits per heavy atom. The summed E-state index contributed by atoms with van der Waals surface area (Å²) in [5.74, 6) is -0.486. The second kappa shape index (κ2) is 7.08. The van der Waals surface area contributed by atoms with E-state index in [2.05, 4.69) is 22.8 Å². The maximum Gasteiger partial charge on any atom is 0.251 e. The molecule has 4 heteroatoms. The van der Waals surface area contributed by atoms with E-state index >= 15 is 0 Å². The van der Waals surface area contributed by atoms with Gasteiger partial charge in [0.1, 0.15) is 0 Å². The summed E-state index contributed by atoms with van der Waals surface area (Å²) in [5.41, 5.74) is 7.21. The first-order valence-corrected chi connectivity index (χ1v) is 8.97. The van der Waals surface area contributed by atoms with Crippen molar-refractivity contribution in [3.63, 3.8) is 0 Å². The van der Waals surface area contributed by atoms with Crippen LogP contribution in [0.3, 0.4) is 0 Å². The Morgan fingerprint density at radius 2 is 1.63 bits per heavy atom. The van der Waals surface area contributed by atoms with Crippen molar-refractivity contribution in [1.29, 1.82) is 0 Å². The van der Waals surface area contributed by atoms with Crippen LogP contribution in [0.4, 0.5) is 5.69 Å². The van der Waals surface area contributed by atoms with Crippen LogP contribution >= 0.6 is 0 Å². The Labute approximate surface area is 158 Å². The van der Waals surface area contributed by atoms with Gasteiger partial charge >= 0.3 is 0 Å². The predicted octanol–water partition coefficient (Wildman–Crippen LogP) is 3.93. The Hall–Kier alpha value is -3.40. The van der Waals surface area contributed by atoms with Crippen molar-refractivity contribution in [1.82, 2.24) is 5.32 Å². The maximum atomic E-state index is 12.2. The summed E-state index contributed by atoms with van der Waals surface area (Å²) in [5, 5.41) is 5.54. The van der Waals surface area contributed by atoms with E-state index in [9.17, 15) is 9.59 Å². The van der Waals surface area contributed by atoms with Gasteiger partial charge in [0.25, 0.3) is 5.91 Å². The van der Waals surface area contributed by atoms with E-state index in [4.69, 9.17) is 0 Å². The molecule has 134 valence electrons. The fourth-order valence-corrected chi connectivity index (χ4v) is 3.51. The molecule has 0 unspecified atom stereocenters. The number of rotatable bonds is 4. The van der Waals surface area contributed by atoms with E-state index in [1.54, 1.807) is 6.07 Å². The smallest absolute Gasteiger partial charge is 0.251 e. The van der Waals surface area contributed by atoms with Crippen LogP contribution in [0.2, 0.25) is 0 Å². The maximum absolute atomic E-state index is 12.2. The molecule has 0 saturated carbocycles. The van der Waals surface area contributed by atoms with Gasteiger partial charge in [-0.25, -0.2) is 0 Å². The Morgan fingerprint density at radius 1 is 0.889 bits per heavy atom. The van der Waals surface area contributed by atoms with Gasteiger partial charge in [-0.15, -0.1) is 0 Å². The van der Waals surface area contributed by atoms with Gasteiger partial charge in [0, 0.05) is 11.3 Å². The number of aryl methyl sites for hydroxylation is 1. The molecule has 4 rings (SSSR count). The number of amides is 2. The van der Waals surface area contributed by atoms with Crippen molar-refractivity contribution in [3.05, 3.63) is 89.0 Å². The van der Waals surface area contributed by atoms with Gasteiger partial charge in [0.05, 0.1) is 6.54 Å². The van der Waals surface area contributed by atoms with Gasteiger partial charge in [-0.1, -0.05) is 48.5 Å². The number of nitrogens with one attached hydrogen (secondary N) is 2. The molecule has 2 amide bonds. The summed E-state index contributed by atoms with van der Waals surface area (Å²) in [4.78, 5) is 24.4. The SMILES string of the molecule is Cc1ccccc1C(=O)NCC(=O)Nc1ccc2c(c1)Cc1ccccc1-2. The number of fused-ring (bicyclic) bond motifs is 3. The molecule has 3 aromatic carbocycles. The van der Waals surface area contributed by atoms with Crippen LogP contribution in [-0.2, 0) is 11.2 Å². The van der Waals surface area contributed by atoms with Crippen LogP contribution in [-0.4, -0.2) is 18.4 Å². The summed E-state index contributed by atoms with van der Waals surface area (Å²) in [7, 11) is 0. The van der Waals surface area contributed by atoms with Gasteiger partial charge in [-0.2, -0.15) is 0 Å². The number of carbonyl (C=O) groups excluding carboxylic acids is 2. The Bertz CT molecular complexity index is 1040. The first-order chi connectivity index (χ1) is 13.1. The van der Waals surface area contributed by atoms with Crippen LogP contribution < -0.4 is 10.6 Å². The third-order valence-corrected chi connectivity index (χ3v) is 4.88. The van der Waals surface area contributed by atoms with E-state index in [1.807, 2.05) is 55.5 Å². The first-order valence-electron chi connectivity index (χ1n) is 8.97. The van der Waals surface area contributed by atoms with E-state index in [1.165, 1.54) is 22.3 Å². The fraction of sp³-hybridized carbons (Fsp3) is 0.130. The third-order valence-electron chi connectivity index (χ3n) is 4.88. The zero-order chi connectivity index (χ0) is 18.8. The predicted molar refractivity (Wildman–Crippen MR) is 107 cm³/mol. The summed E-state index contributed by atoms with van der Waals surface area (Å²) in [6, 6.07) is 21.6. The average Bonchev–Trinajstić information content (AvgIpc) is 3.04. The summed E-state index contributed by atoms with van der Waals surface area (Å²) in [6.45, 7) is 1.81. The number of anilines is 1. The van der Waals surface area contributed by atoms with Crippen molar-refractivity contribution < 1.29 is 9.59 Å². The standard InChI is InChI=1S/C23H20N2O2/c1-15-6-2-4-8-19(15)23(27)24-14-22(26)25-18-10-11-21-17(13-18)12-16-7-3-5-9-20(16)21/h2-11,13H,12,14H2,1H3,(H,24,27)(H,25,26). The molecule has 0 heterocycles. The van der Waals surface area contributed by atoms with Crippen LogP contribution in [0, 0.1) is 6.92 Å². The van der Waals surface area contributed by atoms with E-state index < -0.39 is 0 Å². The lowest BCUT2D eigenvalue weighted by molar-refractivity contribution is -0.115. The topological polar surface area (TPSA) is 58.2 Å². The van der Waals surface area contributed by atoms with Crippen molar-refractivity contribution in [3.8, 4) is 11.1 Å². The largest absolute Gasteiger partial charge is 0.343 e. The highest BCUT2D eigenvalue weighted by Gasteiger charge is 2.18. The number of carbonyl (C=O) groups is 2. The molecule has 1 aliphatic rings. The average molecular weight is 356 g/mol. The van der Waals surface area contributed by atoms with E-state index in [0.717, 1.165) is 17.7 Å². The summed E-state index contributed by atoms with van der Waals surface area (Å²) < 4.78 is 0. The molecule has 0 aliphatic heterocycles. The van der Waals surface area contributed by atoms with Crippen LogP contribution in [0.15, 0.2) is 66.7 Å². The summed E-state index contributed by atoms with van der Waals surface area (Å²) in [6.07, 6.45) is 0.874. The van der Waals surface area contributed by atoms with Crippen molar-refractivity contribution in [2.24, 2.45) is 0 Å². The van der Waals surface area contributed by atoms with Crippen molar-refractivity contribution in [2.75, 3.05) is 11.9 Å². The van der Waals surface area contributed by atoms with Crippen LogP contribution in [0.1, 0.15) is 27.0 Å². The lowest BCUT2D eigenvalue weighted by Crippen LogP contribution is -2.33. The molecule has 27 heavy (non-hydrogen) atoms. The van der Waals surface area contributed by atoms with Gasteiger partial charge in [0.15, 0.2) is 0 Å². The molecule has 0 saturated heterocycles. The van der Waals surface area contributed by atoms with Crippen LogP contribution in [0.5, 0.6) is 0 Å². The zero-order valence-corrected chi connectivity index (χ0v) is 15.1. The first kappa shape index (κ1) is 17.0. The monoisotopic (exact) mass is 356 g/mol. The normalized spacial score (nSPS) is 11.4. The zero-order valence-electron chi connectivity index (χ0n) is 15.1. The fourth-order valence-electron chi connectivity index (χ4n) is 3.51. The molecule has 0 radical (unpaired) electrons. The molecule has 0 aromatic heterocycles. The molecular formula is C23H20N2O2. The van der Waals surface area contributed by atoms with E-state index in [-0.39, 0.29) is 18.4 Å². The minimum Gasteiger partial charge on any atom is -0.343 e. The van der Waals surface area contributed by atoms with Crippen LogP contribution in [0.25, 0.3) is 11.1 Å². The second-order valence-corrected chi connectivity index (χ2v) is 6.75. The molecule has 1 aliphatic carbocycles. The van der Waals surface area contributed by atoms with Crippen molar-refractivity contribution >= 4 is 17.5 Å². The summed E-state index contributed by atoms with van der Waals surface area (Å²) >= 11 is 0. The molecule has 0 bridgehead atoms. The molecule has 3 aromatic rings. The molecule has 2 N–H and O–H groups in total. The number of hydrogen-bond acceptors (Lipinski definition) is 2. The minimum absolute atomic E-state index is 0.0650. The molecule has 0 atom stereocenters. The van der Waals surface area contributed by atoms with Gasteiger partial charge in [0.2, 0.25) is 5.91 Å². The lowest BCUT2D eigenvalue weighted by atomic mass is 10.1. The second-order valence-electron chi connectivity index (χ2n) is 6.75. The Kier molecular flexibility index (Phi) is 4.47. The molecule has 0 spiro atoms. The van der Waals surface area contributed by atoms with Gasteiger partial charge in [-0.3, -0.25) is 9.59 Å². The quantitative estimate of drug-likeness (QED) is 0.582. The lowest BCUT2D eigenvalue weighted by Gasteiger charge is -2.10. The molecular weight excluding hydrogens is 336 g/mol. The number of hydrogen-bond donors (Lipinski definition) is 2. The Balaban J connectivity index is 1.39. The van der Waals surface area contributed by atoms with E-state index in [0.29, 0.717) is 5.56 Å². The van der Waals surface area contributed by atoms with Crippen molar-refractivity contribution in [2.45, 2.75) is 13.3 Å². The highest BCUT2D eigenvalue weighted by atomic mass is 16.2. The number of benzene rings is 3. The third kappa shape index (κ3) is 3.47.